The summed E-state index contributed by atoms with van der Waals surface area (Å²) in [5.74, 6) is 0. The zero-order chi connectivity index (χ0) is 14.3. The average Bonchev–Trinajstić information content (AvgIpc) is 2.57. The van der Waals surface area contributed by atoms with Gasteiger partial charge in [0.25, 0.3) is 0 Å². The minimum Gasteiger partial charge on any atom is -0.385 e. The number of morpholine rings is 1. The molecule has 0 aromatic heterocycles. The van der Waals surface area contributed by atoms with Crippen LogP contribution in [0.5, 0.6) is 0 Å². The van der Waals surface area contributed by atoms with Crippen molar-refractivity contribution in [1.29, 1.82) is 0 Å². The van der Waals surface area contributed by atoms with Gasteiger partial charge in [-0.05, 0) is 36.2 Å². The third-order valence-electron chi connectivity index (χ3n) is 3.83. The van der Waals surface area contributed by atoms with E-state index in [0.717, 1.165) is 39.3 Å². The minimum atomic E-state index is 0.830. The van der Waals surface area contributed by atoms with Crippen molar-refractivity contribution in [3.63, 3.8) is 0 Å². The number of hydrogen-bond acceptors (Lipinski definition) is 3. The van der Waals surface area contributed by atoms with E-state index in [1.54, 1.807) is 0 Å². The van der Waals surface area contributed by atoms with Gasteiger partial charge in [-0.25, -0.2) is 0 Å². The molecule has 1 N–H and O–H groups in total. The zero-order valence-electron chi connectivity index (χ0n) is 12.3. The van der Waals surface area contributed by atoms with Crippen molar-refractivity contribution in [2.24, 2.45) is 0 Å². The summed E-state index contributed by atoms with van der Waals surface area (Å²) in [6.45, 7) is 4.59. The molecule has 110 valence electrons. The van der Waals surface area contributed by atoms with Crippen LogP contribution in [0.3, 0.4) is 0 Å². The SMILES string of the molecule is c1ccc(CCNc2ccc(N3CCOCC3)cc2)cc1. The Balaban J connectivity index is 1.50. The lowest BCUT2D eigenvalue weighted by atomic mass is 10.1. The Kier molecular flexibility index (Phi) is 4.74. The van der Waals surface area contributed by atoms with E-state index in [2.05, 4.69) is 64.8 Å². The molecule has 3 rings (SSSR count). The Morgan fingerprint density at radius 3 is 2.33 bits per heavy atom. The van der Waals surface area contributed by atoms with Gasteiger partial charge in [-0.2, -0.15) is 0 Å². The Hall–Kier alpha value is -2.00. The lowest BCUT2D eigenvalue weighted by Crippen LogP contribution is -2.36. The van der Waals surface area contributed by atoms with Crippen molar-refractivity contribution >= 4 is 11.4 Å². The molecule has 0 radical (unpaired) electrons. The van der Waals surface area contributed by atoms with E-state index < -0.39 is 0 Å². The molecule has 3 nitrogen and oxygen atoms in total. The van der Waals surface area contributed by atoms with Gasteiger partial charge in [-0.1, -0.05) is 30.3 Å². The fourth-order valence-electron chi connectivity index (χ4n) is 2.61. The van der Waals surface area contributed by atoms with E-state index in [4.69, 9.17) is 4.74 Å². The molecule has 0 spiro atoms. The fraction of sp³-hybridized carbons (Fsp3) is 0.333. The molecule has 0 atom stereocenters. The summed E-state index contributed by atoms with van der Waals surface area (Å²) >= 11 is 0. The first-order valence-electron chi connectivity index (χ1n) is 7.62. The second-order valence-electron chi connectivity index (χ2n) is 5.31. The molecule has 1 aliphatic rings. The molecule has 0 bridgehead atoms. The van der Waals surface area contributed by atoms with Gasteiger partial charge in [0, 0.05) is 31.0 Å². The Labute approximate surface area is 126 Å². The first-order chi connectivity index (χ1) is 10.4. The predicted molar refractivity (Wildman–Crippen MR) is 88.1 cm³/mol. The highest BCUT2D eigenvalue weighted by atomic mass is 16.5. The van der Waals surface area contributed by atoms with Gasteiger partial charge in [0.15, 0.2) is 0 Å². The summed E-state index contributed by atoms with van der Waals surface area (Å²) in [7, 11) is 0. The third kappa shape index (κ3) is 3.99. The largest absolute Gasteiger partial charge is 0.385 e. The number of nitrogens with one attached hydrogen (secondary N) is 1. The number of ether oxygens (including phenoxy) is 1. The van der Waals surface area contributed by atoms with Crippen molar-refractivity contribution < 1.29 is 4.74 Å². The molecule has 1 aliphatic heterocycles. The topological polar surface area (TPSA) is 24.5 Å². The monoisotopic (exact) mass is 282 g/mol. The Morgan fingerprint density at radius 1 is 0.905 bits per heavy atom. The lowest BCUT2D eigenvalue weighted by Gasteiger charge is -2.28. The van der Waals surface area contributed by atoms with Crippen LogP contribution in [-0.2, 0) is 11.2 Å². The number of anilines is 2. The highest BCUT2D eigenvalue weighted by molar-refractivity contribution is 5.55. The van der Waals surface area contributed by atoms with Gasteiger partial charge >= 0.3 is 0 Å². The van der Waals surface area contributed by atoms with Crippen molar-refractivity contribution in [3.05, 3.63) is 60.2 Å². The summed E-state index contributed by atoms with van der Waals surface area (Å²) in [5.41, 5.74) is 3.84. The maximum atomic E-state index is 5.39. The Bertz CT molecular complexity index is 533. The molecular weight excluding hydrogens is 260 g/mol. The number of hydrogen-bond donors (Lipinski definition) is 1. The molecular formula is C18H22N2O. The van der Waals surface area contributed by atoms with E-state index in [-0.39, 0.29) is 0 Å². The second kappa shape index (κ2) is 7.14. The van der Waals surface area contributed by atoms with Gasteiger partial charge in [0.1, 0.15) is 0 Å². The maximum Gasteiger partial charge on any atom is 0.0642 e. The number of rotatable bonds is 5. The third-order valence-corrected chi connectivity index (χ3v) is 3.83. The first-order valence-corrected chi connectivity index (χ1v) is 7.62. The molecule has 1 saturated heterocycles. The Morgan fingerprint density at radius 2 is 1.62 bits per heavy atom. The van der Waals surface area contributed by atoms with Gasteiger partial charge in [-0.3, -0.25) is 0 Å². The van der Waals surface area contributed by atoms with E-state index in [1.165, 1.54) is 16.9 Å². The molecule has 1 heterocycles. The van der Waals surface area contributed by atoms with E-state index in [0.29, 0.717) is 0 Å². The van der Waals surface area contributed by atoms with Crippen LogP contribution in [0.25, 0.3) is 0 Å². The number of benzene rings is 2. The highest BCUT2D eigenvalue weighted by Crippen LogP contribution is 2.19. The maximum absolute atomic E-state index is 5.39. The van der Waals surface area contributed by atoms with Crippen LogP contribution >= 0.6 is 0 Å². The van der Waals surface area contributed by atoms with Crippen molar-refractivity contribution in [2.45, 2.75) is 6.42 Å². The van der Waals surface area contributed by atoms with E-state index in [9.17, 15) is 0 Å². The smallest absolute Gasteiger partial charge is 0.0642 e. The highest BCUT2D eigenvalue weighted by Gasteiger charge is 2.10. The van der Waals surface area contributed by atoms with Crippen LogP contribution in [0, 0.1) is 0 Å². The summed E-state index contributed by atoms with van der Waals surface area (Å²) in [6, 6.07) is 19.3. The standard InChI is InChI=1S/C18H22N2O/c1-2-4-16(5-3-1)10-11-19-17-6-8-18(9-7-17)20-12-14-21-15-13-20/h1-9,19H,10-15H2. The zero-order valence-corrected chi connectivity index (χ0v) is 12.3. The van der Waals surface area contributed by atoms with Crippen molar-refractivity contribution in [3.8, 4) is 0 Å². The lowest BCUT2D eigenvalue weighted by molar-refractivity contribution is 0.122. The van der Waals surface area contributed by atoms with E-state index in [1.807, 2.05) is 0 Å². The minimum absolute atomic E-state index is 0.830. The normalized spacial score (nSPS) is 15.0. The number of nitrogens with zero attached hydrogens (tertiary/aromatic N) is 1. The van der Waals surface area contributed by atoms with Crippen molar-refractivity contribution in [1.82, 2.24) is 0 Å². The molecule has 0 saturated carbocycles. The molecule has 0 unspecified atom stereocenters. The summed E-state index contributed by atoms with van der Waals surface area (Å²) in [6.07, 6.45) is 1.05. The molecule has 21 heavy (non-hydrogen) atoms. The van der Waals surface area contributed by atoms with Gasteiger partial charge < -0.3 is 15.0 Å². The fourth-order valence-corrected chi connectivity index (χ4v) is 2.61. The second-order valence-corrected chi connectivity index (χ2v) is 5.31. The van der Waals surface area contributed by atoms with Gasteiger partial charge in [-0.15, -0.1) is 0 Å². The molecule has 3 heteroatoms. The quantitative estimate of drug-likeness (QED) is 0.911. The van der Waals surface area contributed by atoms with Crippen LogP contribution in [-0.4, -0.2) is 32.8 Å². The average molecular weight is 282 g/mol. The van der Waals surface area contributed by atoms with Crippen LogP contribution in [0.1, 0.15) is 5.56 Å². The van der Waals surface area contributed by atoms with Crippen LogP contribution in [0.4, 0.5) is 11.4 Å². The molecule has 1 fully saturated rings. The summed E-state index contributed by atoms with van der Waals surface area (Å²) in [5, 5.41) is 3.48. The van der Waals surface area contributed by atoms with Crippen LogP contribution in [0.15, 0.2) is 54.6 Å². The first kappa shape index (κ1) is 14.0. The van der Waals surface area contributed by atoms with Crippen LogP contribution < -0.4 is 10.2 Å². The molecule has 0 aliphatic carbocycles. The molecule has 2 aromatic carbocycles. The van der Waals surface area contributed by atoms with Crippen molar-refractivity contribution in [2.75, 3.05) is 43.1 Å². The van der Waals surface area contributed by atoms with Gasteiger partial charge in [0.05, 0.1) is 13.2 Å². The molecule has 0 amide bonds. The predicted octanol–water partition coefficient (Wildman–Crippen LogP) is 3.18. The summed E-state index contributed by atoms with van der Waals surface area (Å²) < 4.78 is 5.39. The van der Waals surface area contributed by atoms with Gasteiger partial charge in [0.2, 0.25) is 0 Å². The molecule has 2 aromatic rings. The van der Waals surface area contributed by atoms with Crippen LogP contribution in [0.2, 0.25) is 0 Å². The summed E-state index contributed by atoms with van der Waals surface area (Å²) in [4.78, 5) is 2.37. The van der Waals surface area contributed by atoms with E-state index >= 15 is 0 Å².